The van der Waals surface area contributed by atoms with Gasteiger partial charge in [0.2, 0.25) is 5.78 Å². The van der Waals surface area contributed by atoms with Gasteiger partial charge in [-0.25, -0.2) is 0 Å². The fourth-order valence-corrected chi connectivity index (χ4v) is 4.46. The fraction of sp³-hybridized carbons (Fsp3) is 0.529. The molecule has 0 spiro atoms. The number of hydrogen-bond donors (Lipinski definition) is 0. The lowest BCUT2D eigenvalue weighted by Crippen LogP contribution is -2.39. The summed E-state index contributed by atoms with van der Waals surface area (Å²) in [5, 5.41) is 10.5. The Kier molecular flexibility index (Phi) is 4.49. The topological polar surface area (TPSA) is 81.7 Å². The van der Waals surface area contributed by atoms with Crippen LogP contribution in [0.3, 0.4) is 0 Å². The van der Waals surface area contributed by atoms with Gasteiger partial charge in [0.25, 0.3) is 5.56 Å². The summed E-state index contributed by atoms with van der Waals surface area (Å²) < 4.78 is 9.35. The highest BCUT2D eigenvalue weighted by molar-refractivity contribution is 7.17. The number of esters is 1. The van der Waals surface area contributed by atoms with Crippen LogP contribution in [0.1, 0.15) is 25.6 Å². The molecule has 1 aliphatic rings. The van der Waals surface area contributed by atoms with E-state index in [1.165, 1.54) is 15.9 Å². The molecule has 0 N–H and O–H groups in total. The molecule has 0 aliphatic carbocycles. The van der Waals surface area contributed by atoms with Gasteiger partial charge in [0.15, 0.2) is 5.82 Å². The first-order valence-electron chi connectivity index (χ1n) is 8.79. The molecular weight excluding hydrogens is 354 g/mol. The van der Waals surface area contributed by atoms with Crippen molar-refractivity contribution in [1.82, 2.24) is 24.1 Å². The summed E-state index contributed by atoms with van der Waals surface area (Å²) in [6.45, 7) is 4.39. The van der Waals surface area contributed by atoms with Crippen LogP contribution in [0.2, 0.25) is 0 Å². The molecule has 1 saturated heterocycles. The normalized spacial score (nSPS) is 18.6. The largest absolute Gasteiger partial charge is 0.466 e. The number of ether oxygens (including phenoxy) is 1. The van der Waals surface area contributed by atoms with Crippen LogP contribution < -0.4 is 5.56 Å². The zero-order valence-electron chi connectivity index (χ0n) is 14.8. The van der Waals surface area contributed by atoms with Gasteiger partial charge in [-0.1, -0.05) is 0 Å². The van der Waals surface area contributed by atoms with Crippen molar-refractivity contribution >= 4 is 33.3 Å². The van der Waals surface area contributed by atoms with Gasteiger partial charge in [-0.05, 0) is 37.8 Å². The van der Waals surface area contributed by atoms with Crippen LogP contribution in [0.4, 0.5) is 0 Å². The van der Waals surface area contributed by atoms with E-state index in [9.17, 15) is 9.59 Å². The Morgan fingerprint density at radius 3 is 3.08 bits per heavy atom. The van der Waals surface area contributed by atoms with Crippen molar-refractivity contribution in [2.75, 3.05) is 19.7 Å². The van der Waals surface area contributed by atoms with E-state index < -0.39 is 0 Å². The molecule has 4 rings (SSSR count). The zero-order valence-corrected chi connectivity index (χ0v) is 15.7. The van der Waals surface area contributed by atoms with Crippen molar-refractivity contribution in [2.24, 2.45) is 13.0 Å². The molecule has 3 aromatic rings. The molecule has 1 fully saturated rings. The summed E-state index contributed by atoms with van der Waals surface area (Å²) in [6.07, 6.45) is 1.81. The Balaban J connectivity index is 1.66. The van der Waals surface area contributed by atoms with Crippen molar-refractivity contribution in [3.05, 3.63) is 27.6 Å². The fourth-order valence-electron chi connectivity index (χ4n) is 3.61. The molecular formula is C17H21N5O3S. The summed E-state index contributed by atoms with van der Waals surface area (Å²) in [4.78, 5) is 26.7. The van der Waals surface area contributed by atoms with Crippen LogP contribution in [-0.2, 0) is 23.1 Å². The van der Waals surface area contributed by atoms with Gasteiger partial charge in [0.05, 0.1) is 24.6 Å². The monoisotopic (exact) mass is 375 g/mol. The van der Waals surface area contributed by atoms with E-state index in [2.05, 4.69) is 15.1 Å². The molecule has 26 heavy (non-hydrogen) atoms. The second-order valence-corrected chi connectivity index (χ2v) is 7.49. The maximum atomic E-state index is 12.4. The average Bonchev–Trinajstić information content (AvgIpc) is 3.27. The number of thiophene rings is 1. The maximum Gasteiger partial charge on any atom is 0.310 e. The highest BCUT2D eigenvalue weighted by Gasteiger charge is 2.28. The average molecular weight is 375 g/mol. The minimum absolute atomic E-state index is 0.0539. The van der Waals surface area contributed by atoms with E-state index in [1.54, 1.807) is 7.05 Å². The first kappa shape index (κ1) is 17.2. The second kappa shape index (κ2) is 6.81. The first-order chi connectivity index (χ1) is 12.6. The Morgan fingerprint density at radius 1 is 1.42 bits per heavy atom. The van der Waals surface area contributed by atoms with Gasteiger partial charge in [0, 0.05) is 13.6 Å². The third kappa shape index (κ3) is 2.80. The molecule has 0 bridgehead atoms. The Morgan fingerprint density at radius 2 is 2.27 bits per heavy atom. The minimum Gasteiger partial charge on any atom is -0.466 e. The lowest BCUT2D eigenvalue weighted by molar-refractivity contribution is -0.150. The lowest BCUT2D eigenvalue weighted by atomic mass is 9.98. The Bertz CT molecular complexity index is 1020. The minimum atomic E-state index is -0.120. The number of aryl methyl sites for hydroxylation is 1. The summed E-state index contributed by atoms with van der Waals surface area (Å²) in [7, 11) is 1.72. The molecule has 1 aliphatic heterocycles. The third-order valence-corrected chi connectivity index (χ3v) is 5.78. The van der Waals surface area contributed by atoms with Crippen molar-refractivity contribution in [2.45, 2.75) is 26.3 Å². The predicted octanol–water partition coefficient (Wildman–Crippen LogP) is 1.42. The molecule has 0 aromatic carbocycles. The smallest absolute Gasteiger partial charge is 0.310 e. The van der Waals surface area contributed by atoms with Gasteiger partial charge in [0.1, 0.15) is 4.70 Å². The van der Waals surface area contributed by atoms with E-state index in [0.29, 0.717) is 30.2 Å². The van der Waals surface area contributed by atoms with Crippen molar-refractivity contribution in [3.63, 3.8) is 0 Å². The number of fused-ring (bicyclic) bond motifs is 3. The van der Waals surface area contributed by atoms with Crippen LogP contribution in [0.5, 0.6) is 0 Å². The van der Waals surface area contributed by atoms with Crippen LogP contribution in [0.15, 0.2) is 16.2 Å². The molecule has 0 amide bonds. The number of piperidine rings is 1. The van der Waals surface area contributed by atoms with Crippen molar-refractivity contribution in [3.8, 4) is 0 Å². The molecule has 0 saturated carbocycles. The third-order valence-electron chi connectivity index (χ3n) is 4.89. The number of hydrogen-bond acceptors (Lipinski definition) is 7. The molecule has 138 valence electrons. The maximum absolute atomic E-state index is 12.4. The van der Waals surface area contributed by atoms with E-state index in [4.69, 9.17) is 4.74 Å². The van der Waals surface area contributed by atoms with Gasteiger partial charge in [-0.15, -0.1) is 21.5 Å². The summed E-state index contributed by atoms with van der Waals surface area (Å²) in [5.74, 6) is 1.11. The first-order valence-corrected chi connectivity index (χ1v) is 9.67. The van der Waals surface area contributed by atoms with Crippen molar-refractivity contribution < 1.29 is 9.53 Å². The quantitative estimate of drug-likeness (QED) is 0.642. The van der Waals surface area contributed by atoms with Gasteiger partial charge >= 0.3 is 5.97 Å². The highest BCUT2D eigenvalue weighted by Crippen LogP contribution is 2.22. The Labute approximate surface area is 154 Å². The van der Waals surface area contributed by atoms with E-state index in [-0.39, 0.29) is 17.4 Å². The standard InChI is InChI=1S/C17H21N5O3S/c1-3-25-16(24)11-5-4-7-21(9-11)10-13-18-19-17-20(2)15(23)14-12(22(13)17)6-8-26-14/h6,8,11H,3-5,7,9-10H2,1-2H3/t11-/m1/s1. The number of rotatable bonds is 4. The van der Waals surface area contributed by atoms with Crippen LogP contribution in [0.25, 0.3) is 16.0 Å². The molecule has 0 unspecified atom stereocenters. The van der Waals surface area contributed by atoms with Crippen LogP contribution >= 0.6 is 11.3 Å². The molecule has 9 heteroatoms. The molecule has 1 atom stereocenters. The van der Waals surface area contributed by atoms with Gasteiger partial charge in [-0.2, -0.15) is 0 Å². The molecule has 8 nitrogen and oxygen atoms in total. The molecule has 0 radical (unpaired) electrons. The van der Waals surface area contributed by atoms with Gasteiger partial charge in [-0.3, -0.25) is 23.5 Å². The number of carbonyl (C=O) groups excluding carboxylic acids is 1. The van der Waals surface area contributed by atoms with Crippen molar-refractivity contribution in [1.29, 1.82) is 0 Å². The predicted molar refractivity (Wildman–Crippen MR) is 98.2 cm³/mol. The SMILES string of the molecule is CCOC(=O)[C@@H]1CCCN(Cc2nnc3n(C)c(=O)c4sccc4n23)C1. The highest BCUT2D eigenvalue weighted by atomic mass is 32.1. The summed E-state index contributed by atoms with van der Waals surface area (Å²) in [5.41, 5.74) is 0.786. The molecule has 4 heterocycles. The van der Waals surface area contributed by atoms with Gasteiger partial charge < -0.3 is 4.74 Å². The number of aromatic nitrogens is 4. The van der Waals surface area contributed by atoms with E-state index in [0.717, 1.165) is 30.7 Å². The second-order valence-electron chi connectivity index (χ2n) is 6.58. The van der Waals surface area contributed by atoms with Crippen LogP contribution in [0, 0.1) is 5.92 Å². The van der Waals surface area contributed by atoms with E-state index >= 15 is 0 Å². The zero-order chi connectivity index (χ0) is 18.3. The van der Waals surface area contributed by atoms with Crippen LogP contribution in [-0.4, -0.2) is 49.7 Å². The number of likely N-dealkylation sites (tertiary alicyclic amines) is 1. The number of carbonyl (C=O) groups is 1. The lowest BCUT2D eigenvalue weighted by Gasteiger charge is -2.30. The Hall–Kier alpha value is -2.26. The summed E-state index contributed by atoms with van der Waals surface area (Å²) in [6, 6.07) is 1.93. The van der Waals surface area contributed by atoms with E-state index in [1.807, 2.05) is 22.8 Å². The summed E-state index contributed by atoms with van der Waals surface area (Å²) >= 11 is 1.43. The molecule has 3 aromatic heterocycles. The number of nitrogens with zero attached hydrogens (tertiary/aromatic N) is 5.